The van der Waals surface area contributed by atoms with Gasteiger partial charge >= 0.3 is 6.18 Å². The molecule has 1 heterocycles. The van der Waals surface area contributed by atoms with Gasteiger partial charge < -0.3 is 5.32 Å². The number of halogens is 4. The summed E-state index contributed by atoms with van der Waals surface area (Å²) in [5.74, 6) is 0.331. The molecule has 1 nitrogen and oxygen atoms in total. The van der Waals surface area contributed by atoms with Crippen LogP contribution in [0.5, 0.6) is 0 Å². The minimum atomic E-state index is -4.28. The number of dihydropyridines is 1. The van der Waals surface area contributed by atoms with Crippen LogP contribution in [-0.2, 0) is 0 Å². The first-order valence-electron chi connectivity index (χ1n) is 6.34. The third-order valence-electron chi connectivity index (χ3n) is 3.65. The largest absolute Gasteiger partial charge is 0.418 e. The molecule has 5 heteroatoms. The van der Waals surface area contributed by atoms with Gasteiger partial charge in [0, 0.05) is 12.1 Å². The van der Waals surface area contributed by atoms with Gasteiger partial charge in [-0.1, -0.05) is 25.3 Å². The summed E-state index contributed by atoms with van der Waals surface area (Å²) in [4.78, 5) is 0. The Labute approximate surface area is 110 Å². The molecule has 0 spiro atoms. The van der Waals surface area contributed by atoms with Crippen molar-refractivity contribution >= 4 is 11.6 Å². The Kier molecular flexibility index (Phi) is 4.25. The highest BCUT2D eigenvalue weighted by atomic mass is 35.5. The maximum Gasteiger partial charge on any atom is 0.418 e. The molecule has 0 bridgehead atoms. The van der Waals surface area contributed by atoms with Crippen LogP contribution in [0.3, 0.4) is 0 Å². The molecule has 18 heavy (non-hydrogen) atoms. The number of alkyl halides is 4. The van der Waals surface area contributed by atoms with Crippen LogP contribution in [0.25, 0.3) is 0 Å². The number of allylic oxidation sites excluding steroid dienone is 2. The zero-order chi connectivity index (χ0) is 13.2. The second kappa shape index (κ2) is 5.55. The lowest BCUT2D eigenvalue weighted by Gasteiger charge is -2.31. The first-order chi connectivity index (χ1) is 8.52. The standard InChI is InChI=1S/C13H17ClF3N/c14-7-10-6-11(9-4-2-1-3-5-9)12(8-18-10)13(15,16)17/h6,8-10,18H,1-5,7H2. The smallest absolute Gasteiger partial charge is 0.383 e. The van der Waals surface area contributed by atoms with E-state index in [2.05, 4.69) is 5.32 Å². The highest BCUT2D eigenvalue weighted by molar-refractivity contribution is 6.18. The molecular weight excluding hydrogens is 263 g/mol. The molecule has 0 aromatic heterocycles. The SMILES string of the molecule is FC(F)(F)C1=CNC(CCl)C=C1C1CCCCC1. The van der Waals surface area contributed by atoms with Crippen molar-refractivity contribution in [3.63, 3.8) is 0 Å². The topological polar surface area (TPSA) is 12.0 Å². The number of hydrogen-bond acceptors (Lipinski definition) is 1. The Morgan fingerprint density at radius 3 is 2.44 bits per heavy atom. The lowest BCUT2D eigenvalue weighted by Crippen LogP contribution is -2.33. The molecule has 1 unspecified atom stereocenters. The fraction of sp³-hybridized carbons (Fsp3) is 0.692. The van der Waals surface area contributed by atoms with Crippen LogP contribution in [0, 0.1) is 5.92 Å². The van der Waals surface area contributed by atoms with Crippen molar-refractivity contribution in [2.75, 3.05) is 5.88 Å². The van der Waals surface area contributed by atoms with E-state index < -0.39 is 11.7 Å². The summed E-state index contributed by atoms with van der Waals surface area (Å²) < 4.78 is 39.0. The molecule has 0 saturated heterocycles. The van der Waals surface area contributed by atoms with E-state index in [1.165, 1.54) is 0 Å². The minimum Gasteiger partial charge on any atom is -0.383 e. The highest BCUT2D eigenvalue weighted by Crippen LogP contribution is 2.41. The Morgan fingerprint density at radius 2 is 1.89 bits per heavy atom. The van der Waals surface area contributed by atoms with Gasteiger partial charge in [-0.3, -0.25) is 0 Å². The normalized spacial score (nSPS) is 26.3. The summed E-state index contributed by atoms with van der Waals surface area (Å²) in [5.41, 5.74) is -0.0673. The predicted molar refractivity (Wildman–Crippen MR) is 66.4 cm³/mol. The average Bonchev–Trinajstić information content (AvgIpc) is 2.38. The molecule has 2 rings (SSSR count). The molecule has 1 atom stereocenters. The lowest BCUT2D eigenvalue weighted by molar-refractivity contribution is -0.0910. The van der Waals surface area contributed by atoms with E-state index in [0.717, 1.165) is 38.3 Å². The van der Waals surface area contributed by atoms with Crippen molar-refractivity contribution < 1.29 is 13.2 Å². The molecule has 102 valence electrons. The van der Waals surface area contributed by atoms with Crippen LogP contribution in [0.15, 0.2) is 23.4 Å². The van der Waals surface area contributed by atoms with Gasteiger partial charge in [0.15, 0.2) is 0 Å². The molecule has 1 saturated carbocycles. The molecule has 1 fully saturated rings. The van der Waals surface area contributed by atoms with Crippen molar-refractivity contribution in [2.24, 2.45) is 5.92 Å². The summed E-state index contributed by atoms with van der Waals surface area (Å²) in [6.07, 6.45) is 3.36. The molecule has 1 aliphatic heterocycles. The third kappa shape index (κ3) is 3.02. The van der Waals surface area contributed by atoms with E-state index in [1.54, 1.807) is 6.08 Å². The maximum absolute atomic E-state index is 13.0. The fourth-order valence-corrected chi connectivity index (χ4v) is 2.91. The average molecular weight is 280 g/mol. The van der Waals surface area contributed by atoms with Gasteiger partial charge in [-0.25, -0.2) is 0 Å². The van der Waals surface area contributed by atoms with Crippen LogP contribution in [-0.4, -0.2) is 18.1 Å². The quantitative estimate of drug-likeness (QED) is 0.749. The molecule has 0 radical (unpaired) electrons. The van der Waals surface area contributed by atoms with Crippen molar-refractivity contribution in [2.45, 2.75) is 44.3 Å². The number of nitrogens with one attached hydrogen (secondary N) is 1. The molecule has 0 aromatic carbocycles. The van der Waals surface area contributed by atoms with E-state index in [4.69, 9.17) is 11.6 Å². The van der Waals surface area contributed by atoms with Gasteiger partial charge in [-0.2, -0.15) is 13.2 Å². The van der Waals surface area contributed by atoms with Crippen molar-refractivity contribution in [3.8, 4) is 0 Å². The Balaban J connectivity index is 2.24. The summed E-state index contributed by atoms with van der Waals surface area (Å²) in [7, 11) is 0. The summed E-state index contributed by atoms with van der Waals surface area (Å²) in [5, 5.41) is 2.70. The summed E-state index contributed by atoms with van der Waals surface area (Å²) >= 11 is 5.73. The van der Waals surface area contributed by atoms with Gasteiger partial charge in [-0.05, 0) is 24.3 Å². The monoisotopic (exact) mass is 279 g/mol. The Bertz CT molecular complexity index is 354. The van der Waals surface area contributed by atoms with E-state index in [9.17, 15) is 13.2 Å². The lowest BCUT2D eigenvalue weighted by atomic mass is 9.79. The zero-order valence-corrected chi connectivity index (χ0v) is 10.8. The van der Waals surface area contributed by atoms with Crippen LogP contribution >= 0.6 is 11.6 Å². The number of rotatable bonds is 2. The Morgan fingerprint density at radius 1 is 1.22 bits per heavy atom. The van der Waals surface area contributed by atoms with Crippen LogP contribution < -0.4 is 5.32 Å². The summed E-state index contributed by atoms with van der Waals surface area (Å²) in [6, 6.07) is -0.185. The van der Waals surface area contributed by atoms with Gasteiger partial charge in [-0.15, -0.1) is 11.6 Å². The van der Waals surface area contributed by atoms with Gasteiger partial charge in [0.05, 0.1) is 11.6 Å². The van der Waals surface area contributed by atoms with Crippen LogP contribution in [0.2, 0.25) is 0 Å². The van der Waals surface area contributed by atoms with Crippen molar-refractivity contribution in [3.05, 3.63) is 23.4 Å². The van der Waals surface area contributed by atoms with Crippen molar-refractivity contribution in [1.29, 1.82) is 0 Å². The second-order valence-electron chi connectivity index (χ2n) is 4.94. The predicted octanol–water partition coefficient (Wildman–Crippen LogP) is 4.15. The molecule has 1 aliphatic carbocycles. The van der Waals surface area contributed by atoms with E-state index >= 15 is 0 Å². The molecule has 2 aliphatic rings. The second-order valence-corrected chi connectivity index (χ2v) is 5.25. The van der Waals surface area contributed by atoms with Crippen molar-refractivity contribution in [1.82, 2.24) is 5.32 Å². The first kappa shape index (κ1) is 13.8. The first-order valence-corrected chi connectivity index (χ1v) is 6.87. The Hall–Kier alpha value is -0.640. The summed E-state index contributed by atoms with van der Waals surface area (Å²) in [6.45, 7) is 0. The number of hydrogen-bond donors (Lipinski definition) is 1. The van der Waals surface area contributed by atoms with Crippen LogP contribution in [0.1, 0.15) is 32.1 Å². The van der Waals surface area contributed by atoms with E-state index in [0.29, 0.717) is 5.57 Å². The highest BCUT2D eigenvalue weighted by Gasteiger charge is 2.40. The van der Waals surface area contributed by atoms with Gasteiger partial charge in [0.1, 0.15) is 0 Å². The zero-order valence-electron chi connectivity index (χ0n) is 10.1. The molecular formula is C13H17ClF3N. The molecule has 0 amide bonds. The maximum atomic E-state index is 13.0. The van der Waals surface area contributed by atoms with Gasteiger partial charge in [0.25, 0.3) is 0 Å². The third-order valence-corrected chi connectivity index (χ3v) is 3.98. The van der Waals surface area contributed by atoms with Gasteiger partial charge in [0.2, 0.25) is 0 Å². The van der Waals surface area contributed by atoms with Crippen LogP contribution in [0.4, 0.5) is 13.2 Å². The molecule has 0 aromatic rings. The van der Waals surface area contributed by atoms with E-state index in [1.807, 2.05) is 0 Å². The minimum absolute atomic E-state index is 0.0411. The fourth-order valence-electron chi connectivity index (χ4n) is 2.73. The molecule has 1 N–H and O–H groups in total. The van der Waals surface area contributed by atoms with E-state index in [-0.39, 0.29) is 17.8 Å².